The van der Waals surface area contributed by atoms with Crippen molar-refractivity contribution < 1.29 is 0 Å². The Labute approximate surface area is 80.7 Å². The topological polar surface area (TPSA) is 16.1 Å². The smallest absolute Gasteiger partial charge is 0.143 e. The maximum absolute atomic E-state index is 4.33. The molecule has 0 saturated carbocycles. The highest BCUT2D eigenvalue weighted by Crippen LogP contribution is 2.44. The third-order valence-corrected chi connectivity index (χ3v) is 4.51. The molecular formula is C8H10N2S2. The van der Waals surface area contributed by atoms with Gasteiger partial charge < -0.3 is 4.90 Å². The second-order valence-electron chi connectivity index (χ2n) is 2.60. The Kier molecular flexibility index (Phi) is 2.19. The van der Waals surface area contributed by atoms with Crippen LogP contribution in [0.2, 0.25) is 0 Å². The molecular weight excluding hydrogens is 188 g/mol. The summed E-state index contributed by atoms with van der Waals surface area (Å²) in [5, 5.41) is 0. The molecule has 1 aromatic heterocycles. The summed E-state index contributed by atoms with van der Waals surface area (Å²) in [5.41, 5.74) is 0. The van der Waals surface area contributed by atoms with Crippen molar-refractivity contribution in [1.82, 2.24) is 4.98 Å². The minimum Gasteiger partial charge on any atom is -0.337 e. The highest BCUT2D eigenvalue weighted by molar-refractivity contribution is 8.17. The second-order valence-corrected chi connectivity index (χ2v) is 4.94. The van der Waals surface area contributed by atoms with Gasteiger partial charge in [0.2, 0.25) is 0 Å². The van der Waals surface area contributed by atoms with E-state index in [1.807, 2.05) is 35.8 Å². The van der Waals surface area contributed by atoms with Gasteiger partial charge >= 0.3 is 0 Å². The summed E-state index contributed by atoms with van der Waals surface area (Å²) in [4.78, 5) is 7.83. The second kappa shape index (κ2) is 3.18. The fourth-order valence-corrected chi connectivity index (χ4v) is 3.28. The van der Waals surface area contributed by atoms with Crippen molar-refractivity contribution >= 4 is 29.3 Å². The molecule has 1 aromatic rings. The molecule has 0 radical (unpaired) electrons. The fraction of sp³-hybridized carbons (Fsp3) is 0.375. The molecule has 64 valence electrons. The summed E-state index contributed by atoms with van der Waals surface area (Å²) >= 11 is 3.72. The highest BCUT2D eigenvalue weighted by atomic mass is 32.2. The lowest BCUT2D eigenvalue weighted by molar-refractivity contribution is 1.01. The van der Waals surface area contributed by atoms with Crippen LogP contribution in [-0.4, -0.2) is 23.0 Å². The molecule has 2 heterocycles. The van der Waals surface area contributed by atoms with E-state index in [1.165, 1.54) is 4.90 Å². The van der Waals surface area contributed by atoms with E-state index in [4.69, 9.17) is 0 Å². The van der Waals surface area contributed by atoms with Crippen LogP contribution in [0.4, 0.5) is 5.82 Å². The molecule has 0 amide bonds. The van der Waals surface area contributed by atoms with E-state index >= 15 is 0 Å². The van der Waals surface area contributed by atoms with E-state index in [0.29, 0.717) is 4.71 Å². The van der Waals surface area contributed by atoms with Crippen LogP contribution in [0.15, 0.2) is 23.2 Å². The van der Waals surface area contributed by atoms with Crippen LogP contribution in [0.1, 0.15) is 0 Å². The SMILES string of the molecule is CSC1Sc2cccnc2N1C. The summed E-state index contributed by atoms with van der Waals surface area (Å²) in [7, 11) is 2.09. The number of nitrogens with zero attached hydrogens (tertiary/aromatic N) is 2. The first-order chi connectivity index (χ1) is 5.83. The maximum Gasteiger partial charge on any atom is 0.143 e. The third-order valence-electron chi connectivity index (χ3n) is 1.83. The number of anilines is 1. The number of fused-ring (bicyclic) bond motifs is 1. The fourth-order valence-electron chi connectivity index (χ4n) is 1.23. The van der Waals surface area contributed by atoms with Crippen LogP contribution in [0, 0.1) is 0 Å². The quantitative estimate of drug-likeness (QED) is 0.687. The van der Waals surface area contributed by atoms with Crippen LogP contribution in [0.5, 0.6) is 0 Å². The van der Waals surface area contributed by atoms with Gasteiger partial charge in [-0.3, -0.25) is 0 Å². The summed E-state index contributed by atoms with van der Waals surface area (Å²) in [6, 6.07) is 4.11. The zero-order valence-electron chi connectivity index (χ0n) is 7.02. The first-order valence-corrected chi connectivity index (χ1v) is 5.87. The summed E-state index contributed by atoms with van der Waals surface area (Å²) in [6.45, 7) is 0. The molecule has 0 bridgehead atoms. The van der Waals surface area contributed by atoms with Crippen LogP contribution in [0.3, 0.4) is 0 Å². The summed E-state index contributed by atoms with van der Waals surface area (Å²) in [5.74, 6) is 1.11. The van der Waals surface area contributed by atoms with Crippen LogP contribution >= 0.6 is 23.5 Å². The molecule has 1 aliphatic heterocycles. The lowest BCUT2D eigenvalue weighted by atomic mass is 10.4. The first kappa shape index (κ1) is 8.26. The van der Waals surface area contributed by atoms with Crippen molar-refractivity contribution in [3.05, 3.63) is 18.3 Å². The molecule has 2 rings (SSSR count). The molecule has 0 aromatic carbocycles. The van der Waals surface area contributed by atoms with Crippen molar-refractivity contribution in [1.29, 1.82) is 0 Å². The molecule has 1 atom stereocenters. The predicted octanol–water partition coefficient (Wildman–Crippen LogP) is 2.27. The van der Waals surface area contributed by atoms with Gasteiger partial charge in [-0.15, -0.1) is 11.8 Å². The van der Waals surface area contributed by atoms with Crippen molar-refractivity contribution in [2.45, 2.75) is 9.60 Å². The van der Waals surface area contributed by atoms with Gasteiger partial charge in [0.25, 0.3) is 0 Å². The van der Waals surface area contributed by atoms with Gasteiger partial charge in [0.05, 0.1) is 4.90 Å². The predicted molar refractivity (Wildman–Crippen MR) is 55.8 cm³/mol. The van der Waals surface area contributed by atoms with E-state index in [0.717, 1.165) is 5.82 Å². The number of hydrogen-bond donors (Lipinski definition) is 0. The Morgan fingerprint density at radius 3 is 3.17 bits per heavy atom. The number of thioether (sulfide) groups is 2. The Balaban J connectivity index is 2.35. The van der Waals surface area contributed by atoms with Gasteiger partial charge in [0.15, 0.2) is 0 Å². The Bertz CT molecular complexity index is 290. The van der Waals surface area contributed by atoms with Crippen LogP contribution < -0.4 is 4.90 Å². The maximum atomic E-state index is 4.33. The standard InChI is InChI=1S/C8H10N2S2/c1-10-7-6(4-3-5-9-7)12-8(10)11-2/h3-5,8H,1-2H3. The van der Waals surface area contributed by atoms with E-state index in [9.17, 15) is 0 Å². The molecule has 4 heteroatoms. The lowest BCUT2D eigenvalue weighted by Crippen LogP contribution is -2.21. The highest BCUT2D eigenvalue weighted by Gasteiger charge is 2.26. The zero-order valence-corrected chi connectivity index (χ0v) is 8.65. The van der Waals surface area contributed by atoms with E-state index in [1.54, 1.807) is 0 Å². The third kappa shape index (κ3) is 1.19. The molecule has 1 aliphatic rings. The van der Waals surface area contributed by atoms with Gasteiger partial charge in [-0.25, -0.2) is 4.98 Å². The molecule has 2 nitrogen and oxygen atoms in total. The zero-order chi connectivity index (χ0) is 8.55. The largest absolute Gasteiger partial charge is 0.337 e. The molecule has 1 unspecified atom stereocenters. The van der Waals surface area contributed by atoms with E-state index in [2.05, 4.69) is 29.3 Å². The Morgan fingerprint density at radius 2 is 2.50 bits per heavy atom. The number of pyridine rings is 1. The number of aromatic nitrogens is 1. The Hall–Kier alpha value is -0.350. The van der Waals surface area contributed by atoms with E-state index < -0.39 is 0 Å². The van der Waals surface area contributed by atoms with Crippen LogP contribution in [-0.2, 0) is 0 Å². The monoisotopic (exact) mass is 198 g/mol. The average molecular weight is 198 g/mol. The normalized spacial score (nSPS) is 21.2. The first-order valence-electron chi connectivity index (χ1n) is 3.70. The number of rotatable bonds is 1. The van der Waals surface area contributed by atoms with Crippen molar-refractivity contribution in [3.8, 4) is 0 Å². The molecule has 0 aliphatic carbocycles. The molecule has 0 fully saturated rings. The molecule has 0 saturated heterocycles. The van der Waals surface area contributed by atoms with Gasteiger partial charge in [0.1, 0.15) is 10.5 Å². The van der Waals surface area contributed by atoms with Crippen molar-refractivity contribution in [3.63, 3.8) is 0 Å². The van der Waals surface area contributed by atoms with E-state index in [-0.39, 0.29) is 0 Å². The summed E-state index contributed by atoms with van der Waals surface area (Å²) < 4.78 is 0.495. The molecule has 12 heavy (non-hydrogen) atoms. The van der Waals surface area contributed by atoms with Gasteiger partial charge in [-0.1, -0.05) is 11.8 Å². The van der Waals surface area contributed by atoms with Gasteiger partial charge in [-0.05, 0) is 18.4 Å². The average Bonchev–Trinajstić information content (AvgIpc) is 2.44. The van der Waals surface area contributed by atoms with Gasteiger partial charge in [-0.2, -0.15) is 0 Å². The summed E-state index contributed by atoms with van der Waals surface area (Å²) in [6.07, 6.45) is 3.97. The van der Waals surface area contributed by atoms with Crippen molar-refractivity contribution in [2.24, 2.45) is 0 Å². The number of hydrogen-bond acceptors (Lipinski definition) is 4. The molecule has 0 N–H and O–H groups in total. The van der Waals surface area contributed by atoms with Crippen molar-refractivity contribution in [2.75, 3.05) is 18.2 Å². The van der Waals surface area contributed by atoms with Crippen LogP contribution in [0.25, 0.3) is 0 Å². The Morgan fingerprint density at radius 1 is 1.67 bits per heavy atom. The van der Waals surface area contributed by atoms with Gasteiger partial charge in [0, 0.05) is 13.2 Å². The minimum atomic E-state index is 0.495. The minimum absolute atomic E-state index is 0.495. The molecule has 0 spiro atoms. The lowest BCUT2D eigenvalue weighted by Gasteiger charge is -2.17.